The first-order chi connectivity index (χ1) is 13.1. The van der Waals surface area contributed by atoms with Crippen molar-refractivity contribution in [2.75, 3.05) is 26.0 Å². The van der Waals surface area contributed by atoms with Crippen molar-refractivity contribution in [2.24, 2.45) is 0 Å². The van der Waals surface area contributed by atoms with Crippen molar-refractivity contribution in [2.45, 2.75) is 24.6 Å². The third-order valence-electron chi connectivity index (χ3n) is 4.24. The number of nitrogens with zero attached hydrogens (tertiary/aromatic N) is 5. The monoisotopic (exact) mass is 441 g/mol. The van der Waals surface area contributed by atoms with Gasteiger partial charge in [0.25, 0.3) is 10.0 Å². The Bertz CT molecular complexity index is 1110. The minimum Gasteiger partial charge on any atom is -0.356 e. The Morgan fingerprint density at radius 1 is 1.21 bits per heavy atom. The summed E-state index contributed by atoms with van der Waals surface area (Å²) in [6.07, 6.45) is 1.63. The fourth-order valence-electron chi connectivity index (χ4n) is 2.48. The molecule has 0 spiro atoms. The minimum absolute atomic E-state index is 0.0374. The van der Waals surface area contributed by atoms with Crippen LogP contribution in [0, 0.1) is 13.8 Å². The zero-order valence-corrected chi connectivity index (χ0v) is 18.5. The SMILES string of the molecule is Cc1noc(-c2cnc(N(C)C)nc2CN(C)S(=O)(=O)c2ccc(Cl)s2)c1C. The van der Waals surface area contributed by atoms with Crippen LogP contribution in [-0.4, -0.2) is 49.0 Å². The van der Waals surface area contributed by atoms with Crippen LogP contribution in [0.25, 0.3) is 11.3 Å². The molecular formula is C17H20ClN5O3S2. The van der Waals surface area contributed by atoms with Crippen molar-refractivity contribution >= 4 is 38.9 Å². The number of anilines is 1. The van der Waals surface area contributed by atoms with Gasteiger partial charge in [-0.25, -0.2) is 18.4 Å². The van der Waals surface area contributed by atoms with Crippen LogP contribution in [0.1, 0.15) is 17.0 Å². The summed E-state index contributed by atoms with van der Waals surface area (Å²) in [6.45, 7) is 3.77. The molecule has 0 amide bonds. The van der Waals surface area contributed by atoms with Crippen LogP contribution >= 0.6 is 22.9 Å². The predicted octanol–water partition coefficient (Wildman–Crippen LogP) is 3.35. The zero-order chi connectivity index (χ0) is 20.6. The first kappa shape index (κ1) is 20.7. The Kier molecular flexibility index (Phi) is 5.76. The molecule has 150 valence electrons. The molecule has 11 heteroatoms. The van der Waals surface area contributed by atoms with Gasteiger partial charge in [0.1, 0.15) is 4.21 Å². The average molecular weight is 442 g/mol. The highest BCUT2D eigenvalue weighted by molar-refractivity contribution is 7.91. The summed E-state index contributed by atoms with van der Waals surface area (Å²) in [6, 6.07) is 3.06. The normalized spacial score (nSPS) is 12.0. The van der Waals surface area contributed by atoms with E-state index in [0.717, 1.165) is 22.6 Å². The van der Waals surface area contributed by atoms with Crippen LogP contribution < -0.4 is 4.90 Å². The maximum atomic E-state index is 12.9. The van der Waals surface area contributed by atoms with E-state index in [0.29, 0.717) is 27.3 Å². The Morgan fingerprint density at radius 3 is 2.46 bits per heavy atom. The van der Waals surface area contributed by atoms with Crippen LogP contribution in [0.15, 0.2) is 27.1 Å². The highest BCUT2D eigenvalue weighted by Crippen LogP contribution is 2.31. The van der Waals surface area contributed by atoms with Gasteiger partial charge in [-0.05, 0) is 26.0 Å². The van der Waals surface area contributed by atoms with Crippen LogP contribution in [-0.2, 0) is 16.6 Å². The summed E-state index contributed by atoms with van der Waals surface area (Å²) in [5, 5.41) is 3.98. The average Bonchev–Trinajstić information content (AvgIpc) is 3.22. The zero-order valence-electron chi connectivity index (χ0n) is 16.1. The second-order valence-corrected chi connectivity index (χ2v) is 10.5. The molecule has 0 aromatic carbocycles. The second kappa shape index (κ2) is 7.78. The van der Waals surface area contributed by atoms with E-state index in [1.165, 1.54) is 17.4 Å². The first-order valence-corrected chi connectivity index (χ1v) is 10.9. The Hall–Kier alpha value is -2.01. The van der Waals surface area contributed by atoms with E-state index in [4.69, 9.17) is 16.1 Å². The summed E-state index contributed by atoms with van der Waals surface area (Å²) < 4.78 is 33.0. The molecule has 0 unspecified atom stereocenters. The van der Waals surface area contributed by atoms with Crippen LogP contribution in [0.3, 0.4) is 0 Å². The van der Waals surface area contributed by atoms with Crippen LogP contribution in [0.5, 0.6) is 0 Å². The van der Waals surface area contributed by atoms with Gasteiger partial charge in [-0.15, -0.1) is 11.3 Å². The molecule has 0 radical (unpaired) electrons. The molecule has 0 saturated carbocycles. The lowest BCUT2D eigenvalue weighted by molar-refractivity contribution is 0.424. The fourth-order valence-corrected chi connectivity index (χ4v) is 5.31. The minimum atomic E-state index is -3.71. The van der Waals surface area contributed by atoms with E-state index in [1.54, 1.807) is 17.2 Å². The third-order valence-corrected chi connectivity index (χ3v) is 7.74. The van der Waals surface area contributed by atoms with E-state index in [2.05, 4.69) is 15.1 Å². The molecule has 0 bridgehead atoms. The van der Waals surface area contributed by atoms with Gasteiger partial charge in [-0.3, -0.25) is 0 Å². The molecular weight excluding hydrogens is 422 g/mol. The molecule has 8 nitrogen and oxygen atoms in total. The number of sulfonamides is 1. The summed E-state index contributed by atoms with van der Waals surface area (Å²) in [5.74, 6) is 1.00. The lowest BCUT2D eigenvalue weighted by atomic mass is 10.1. The molecule has 3 aromatic heterocycles. The van der Waals surface area contributed by atoms with Crippen molar-refractivity contribution in [1.82, 2.24) is 19.4 Å². The molecule has 0 saturated heterocycles. The fraction of sp³-hybridized carbons (Fsp3) is 0.353. The Balaban J connectivity index is 2.04. The number of aromatic nitrogens is 3. The van der Waals surface area contributed by atoms with E-state index in [-0.39, 0.29) is 10.8 Å². The second-order valence-electron chi connectivity index (χ2n) is 6.47. The van der Waals surface area contributed by atoms with Crippen molar-refractivity contribution in [3.63, 3.8) is 0 Å². The number of thiophene rings is 1. The lowest BCUT2D eigenvalue weighted by Gasteiger charge is -2.19. The summed E-state index contributed by atoms with van der Waals surface area (Å²) in [5.41, 5.74) is 2.74. The number of aryl methyl sites for hydroxylation is 1. The number of hydrogen-bond donors (Lipinski definition) is 0. The quantitative estimate of drug-likeness (QED) is 0.579. The Labute approximate surface area is 172 Å². The maximum Gasteiger partial charge on any atom is 0.252 e. The molecule has 0 atom stereocenters. The van der Waals surface area contributed by atoms with Crippen LogP contribution in [0.4, 0.5) is 5.95 Å². The molecule has 0 aliphatic carbocycles. The van der Waals surface area contributed by atoms with Gasteiger partial charge in [-0.1, -0.05) is 16.8 Å². The van der Waals surface area contributed by atoms with Gasteiger partial charge in [0, 0.05) is 32.9 Å². The van der Waals surface area contributed by atoms with Crippen molar-refractivity contribution in [3.8, 4) is 11.3 Å². The van der Waals surface area contributed by atoms with E-state index in [9.17, 15) is 8.42 Å². The molecule has 3 aromatic rings. The molecule has 3 rings (SSSR count). The van der Waals surface area contributed by atoms with Gasteiger partial charge >= 0.3 is 0 Å². The largest absolute Gasteiger partial charge is 0.356 e. The van der Waals surface area contributed by atoms with Crippen molar-refractivity contribution < 1.29 is 12.9 Å². The van der Waals surface area contributed by atoms with Crippen LogP contribution in [0.2, 0.25) is 4.34 Å². The molecule has 0 N–H and O–H groups in total. The van der Waals surface area contributed by atoms with Gasteiger partial charge in [-0.2, -0.15) is 4.31 Å². The molecule has 0 aliphatic heterocycles. The topological polar surface area (TPSA) is 92.4 Å². The van der Waals surface area contributed by atoms with Gasteiger partial charge < -0.3 is 9.42 Å². The lowest BCUT2D eigenvalue weighted by Crippen LogP contribution is -2.27. The highest BCUT2D eigenvalue weighted by atomic mass is 35.5. The molecule has 28 heavy (non-hydrogen) atoms. The smallest absolute Gasteiger partial charge is 0.252 e. The van der Waals surface area contributed by atoms with Gasteiger partial charge in [0.15, 0.2) is 5.76 Å². The third kappa shape index (κ3) is 3.90. The van der Waals surface area contributed by atoms with E-state index in [1.807, 2.05) is 27.9 Å². The Morgan fingerprint density at radius 2 is 1.93 bits per heavy atom. The number of hydrogen-bond acceptors (Lipinski definition) is 8. The summed E-state index contributed by atoms with van der Waals surface area (Å²) in [7, 11) is 1.43. The first-order valence-electron chi connectivity index (χ1n) is 8.29. The van der Waals surface area contributed by atoms with E-state index >= 15 is 0 Å². The van der Waals surface area contributed by atoms with Crippen molar-refractivity contribution in [1.29, 1.82) is 0 Å². The summed E-state index contributed by atoms with van der Waals surface area (Å²) >= 11 is 6.92. The highest BCUT2D eigenvalue weighted by Gasteiger charge is 2.26. The molecule has 0 aliphatic rings. The predicted molar refractivity (Wildman–Crippen MR) is 109 cm³/mol. The van der Waals surface area contributed by atoms with Crippen molar-refractivity contribution in [3.05, 3.63) is 39.6 Å². The summed E-state index contributed by atoms with van der Waals surface area (Å²) in [4.78, 5) is 10.6. The molecule has 0 fully saturated rings. The number of halogens is 1. The van der Waals surface area contributed by atoms with Gasteiger partial charge in [0.2, 0.25) is 5.95 Å². The standard InChI is InChI=1S/C17H20ClN5O3S2/c1-10-11(2)21-26-16(10)12-8-19-17(22(3)4)20-13(12)9-23(5)28(24,25)15-7-6-14(18)27-15/h6-8H,9H2,1-5H3. The van der Waals surface area contributed by atoms with E-state index < -0.39 is 10.0 Å². The molecule has 3 heterocycles. The number of rotatable bonds is 6. The maximum absolute atomic E-state index is 12.9. The van der Waals surface area contributed by atoms with Gasteiger partial charge in [0.05, 0.1) is 27.8 Å².